The molecule has 9 nitrogen and oxygen atoms in total. The zero-order valence-electron chi connectivity index (χ0n) is 17.2. The lowest BCUT2D eigenvalue weighted by Crippen LogP contribution is -2.22. The van der Waals surface area contributed by atoms with Crippen LogP contribution in [0.1, 0.15) is 25.6 Å². The Labute approximate surface area is 169 Å². The predicted molar refractivity (Wildman–Crippen MR) is 112 cm³/mol. The number of carbonyl (C=O) groups excluding carboxylic acids is 1. The molecule has 0 aliphatic carbocycles. The maximum absolute atomic E-state index is 11.4. The van der Waals surface area contributed by atoms with Gasteiger partial charge in [0.1, 0.15) is 5.82 Å². The molecule has 29 heavy (non-hydrogen) atoms. The van der Waals surface area contributed by atoms with Crippen molar-refractivity contribution in [1.82, 2.24) is 24.9 Å². The highest BCUT2D eigenvalue weighted by Crippen LogP contribution is 2.33. The highest BCUT2D eigenvalue weighted by Gasteiger charge is 2.16. The molecule has 0 saturated heterocycles. The van der Waals surface area contributed by atoms with Crippen molar-refractivity contribution in [2.24, 2.45) is 0 Å². The number of aromatic nitrogens is 4. The van der Waals surface area contributed by atoms with Crippen LogP contribution in [0.3, 0.4) is 0 Å². The van der Waals surface area contributed by atoms with E-state index in [1.807, 2.05) is 30.4 Å². The van der Waals surface area contributed by atoms with Crippen LogP contribution in [-0.2, 0) is 4.79 Å². The van der Waals surface area contributed by atoms with Crippen molar-refractivity contribution >= 4 is 28.4 Å². The number of allylic oxidation sites excluding steroid dienone is 1. The van der Waals surface area contributed by atoms with Gasteiger partial charge >= 0.3 is 0 Å². The molecule has 0 spiro atoms. The predicted octanol–water partition coefficient (Wildman–Crippen LogP) is 2.49. The van der Waals surface area contributed by atoms with E-state index in [1.165, 1.54) is 6.08 Å². The van der Waals surface area contributed by atoms with Crippen LogP contribution in [0.5, 0.6) is 11.5 Å². The summed E-state index contributed by atoms with van der Waals surface area (Å²) in [5.41, 5.74) is 2.25. The van der Waals surface area contributed by atoms with E-state index in [4.69, 9.17) is 14.5 Å². The summed E-state index contributed by atoms with van der Waals surface area (Å²) in [5, 5.41) is 14.7. The molecule has 2 heterocycles. The molecular formula is C20H26N6O3. The van der Waals surface area contributed by atoms with E-state index in [0.717, 1.165) is 29.7 Å². The van der Waals surface area contributed by atoms with Crippen molar-refractivity contribution in [3.8, 4) is 11.5 Å². The molecule has 3 rings (SSSR count). The Morgan fingerprint density at radius 3 is 2.59 bits per heavy atom. The van der Waals surface area contributed by atoms with Gasteiger partial charge in [0.2, 0.25) is 11.6 Å². The fourth-order valence-corrected chi connectivity index (χ4v) is 3.10. The Hall–Kier alpha value is -3.36. The molecule has 3 aromatic rings. The number of hydrogen-bond donors (Lipinski definition) is 2. The molecule has 2 N–H and O–H groups in total. The number of rotatable bonds is 9. The van der Waals surface area contributed by atoms with Crippen molar-refractivity contribution in [1.29, 1.82) is 0 Å². The topological polar surface area (TPSA) is 103 Å². The van der Waals surface area contributed by atoms with E-state index in [0.29, 0.717) is 36.1 Å². The smallest absolute Gasteiger partial charge is 0.243 e. The molecule has 2 aromatic heterocycles. The third kappa shape index (κ3) is 4.39. The lowest BCUT2D eigenvalue weighted by atomic mass is 10.2. The summed E-state index contributed by atoms with van der Waals surface area (Å²) in [6.07, 6.45) is 4.97. The van der Waals surface area contributed by atoms with E-state index >= 15 is 0 Å². The molecule has 1 aromatic carbocycles. The van der Waals surface area contributed by atoms with Gasteiger partial charge in [0.05, 0.1) is 25.3 Å². The average molecular weight is 398 g/mol. The van der Waals surface area contributed by atoms with Crippen LogP contribution >= 0.6 is 0 Å². The Balaban J connectivity index is 1.78. The van der Waals surface area contributed by atoms with E-state index in [1.54, 1.807) is 20.3 Å². The second-order valence-electron chi connectivity index (χ2n) is 6.49. The second kappa shape index (κ2) is 9.22. The van der Waals surface area contributed by atoms with Gasteiger partial charge in [-0.15, -0.1) is 10.2 Å². The van der Waals surface area contributed by atoms with Crippen LogP contribution in [0.4, 0.5) is 5.82 Å². The number of aryl methyl sites for hydroxylation is 1. The quantitative estimate of drug-likeness (QED) is 0.422. The maximum atomic E-state index is 11.4. The van der Waals surface area contributed by atoms with Gasteiger partial charge in [-0.2, -0.15) is 0 Å². The van der Waals surface area contributed by atoms with Crippen LogP contribution in [0.25, 0.3) is 16.7 Å². The maximum Gasteiger partial charge on any atom is 0.243 e. The van der Waals surface area contributed by atoms with E-state index in [2.05, 4.69) is 20.8 Å². The lowest BCUT2D eigenvalue weighted by molar-refractivity contribution is -0.116. The number of hydrogen-bond acceptors (Lipinski definition) is 7. The van der Waals surface area contributed by atoms with Crippen LogP contribution in [0, 0.1) is 6.92 Å². The standard InChI is InChI=1S/C20H26N6O3/c1-5-8-18(27)21-9-6-7-10-22-19-20-25-24-13(2)26(20)15-12-17(29-4)16(28-3)11-14(15)23-19/h5,8,11-12H,6-7,9-10H2,1-4H3,(H,21,27)(H,22,23)/b8-5+. The zero-order chi connectivity index (χ0) is 20.8. The molecular weight excluding hydrogens is 372 g/mol. The number of nitrogens with zero attached hydrogens (tertiary/aromatic N) is 4. The Morgan fingerprint density at radius 1 is 1.14 bits per heavy atom. The van der Waals surface area contributed by atoms with Crippen molar-refractivity contribution in [3.05, 3.63) is 30.1 Å². The molecule has 1 amide bonds. The summed E-state index contributed by atoms with van der Waals surface area (Å²) in [5.74, 6) is 2.58. The van der Waals surface area contributed by atoms with E-state index < -0.39 is 0 Å². The lowest BCUT2D eigenvalue weighted by Gasteiger charge is -2.13. The number of carbonyl (C=O) groups is 1. The molecule has 0 unspecified atom stereocenters. The fraction of sp³-hybridized carbons (Fsp3) is 0.400. The first-order valence-electron chi connectivity index (χ1n) is 9.51. The summed E-state index contributed by atoms with van der Waals surface area (Å²) in [4.78, 5) is 16.1. The molecule has 9 heteroatoms. The van der Waals surface area contributed by atoms with E-state index in [9.17, 15) is 4.79 Å². The summed E-state index contributed by atoms with van der Waals surface area (Å²) >= 11 is 0. The molecule has 0 radical (unpaired) electrons. The number of amides is 1. The van der Waals surface area contributed by atoms with Gasteiger partial charge in [-0.25, -0.2) is 4.98 Å². The normalized spacial score (nSPS) is 11.3. The van der Waals surface area contributed by atoms with Gasteiger partial charge in [-0.3, -0.25) is 9.20 Å². The minimum atomic E-state index is -0.0679. The van der Waals surface area contributed by atoms with Crippen molar-refractivity contribution < 1.29 is 14.3 Å². The summed E-state index contributed by atoms with van der Waals surface area (Å²) in [6, 6.07) is 3.72. The number of fused-ring (bicyclic) bond motifs is 3. The van der Waals surface area contributed by atoms with Gasteiger partial charge in [0.25, 0.3) is 0 Å². The number of nitrogens with one attached hydrogen (secondary N) is 2. The molecule has 0 fully saturated rings. The molecule has 0 saturated carbocycles. The minimum Gasteiger partial charge on any atom is -0.493 e. The Bertz CT molecular complexity index is 1040. The van der Waals surface area contributed by atoms with Crippen LogP contribution in [0.2, 0.25) is 0 Å². The first kappa shape index (κ1) is 20.4. The van der Waals surface area contributed by atoms with Gasteiger partial charge in [-0.05, 0) is 32.8 Å². The molecule has 0 aliphatic heterocycles. The SMILES string of the molecule is C/C=C/C(=O)NCCCCNc1nc2cc(OC)c(OC)cc2n2c(C)nnc12. The average Bonchev–Trinajstić information content (AvgIpc) is 3.11. The van der Waals surface area contributed by atoms with Gasteiger partial charge in [0.15, 0.2) is 17.3 Å². The number of benzene rings is 1. The third-order valence-corrected chi connectivity index (χ3v) is 4.50. The summed E-state index contributed by atoms with van der Waals surface area (Å²) in [7, 11) is 3.20. The number of anilines is 1. The van der Waals surface area contributed by atoms with Crippen molar-refractivity contribution in [2.45, 2.75) is 26.7 Å². The van der Waals surface area contributed by atoms with Gasteiger partial charge in [-0.1, -0.05) is 6.08 Å². The molecule has 0 aliphatic rings. The first-order chi connectivity index (χ1) is 14.1. The van der Waals surface area contributed by atoms with Gasteiger partial charge in [0, 0.05) is 25.2 Å². The Morgan fingerprint density at radius 2 is 1.86 bits per heavy atom. The summed E-state index contributed by atoms with van der Waals surface area (Å²) < 4.78 is 12.8. The third-order valence-electron chi connectivity index (χ3n) is 4.50. The number of methoxy groups -OCH3 is 2. The Kier molecular flexibility index (Phi) is 6.48. The summed E-state index contributed by atoms with van der Waals surface area (Å²) in [6.45, 7) is 5.05. The van der Waals surface area contributed by atoms with Crippen molar-refractivity contribution in [2.75, 3.05) is 32.6 Å². The van der Waals surface area contributed by atoms with Crippen LogP contribution in [0.15, 0.2) is 24.3 Å². The van der Waals surface area contributed by atoms with Crippen LogP contribution in [-0.4, -0.2) is 52.8 Å². The molecule has 0 bridgehead atoms. The van der Waals surface area contributed by atoms with Crippen LogP contribution < -0.4 is 20.1 Å². The monoisotopic (exact) mass is 398 g/mol. The fourth-order valence-electron chi connectivity index (χ4n) is 3.10. The number of ether oxygens (including phenoxy) is 2. The zero-order valence-corrected chi connectivity index (χ0v) is 17.2. The van der Waals surface area contributed by atoms with E-state index in [-0.39, 0.29) is 5.91 Å². The highest BCUT2D eigenvalue weighted by atomic mass is 16.5. The molecule has 0 atom stereocenters. The van der Waals surface area contributed by atoms with Crippen molar-refractivity contribution in [3.63, 3.8) is 0 Å². The number of unbranched alkanes of at least 4 members (excludes halogenated alkanes) is 1. The van der Waals surface area contributed by atoms with Gasteiger partial charge < -0.3 is 20.1 Å². The first-order valence-corrected chi connectivity index (χ1v) is 9.51. The highest BCUT2D eigenvalue weighted by molar-refractivity contribution is 5.87. The minimum absolute atomic E-state index is 0.0679. The largest absolute Gasteiger partial charge is 0.493 e. The second-order valence-corrected chi connectivity index (χ2v) is 6.49. The molecule has 154 valence electrons.